The summed E-state index contributed by atoms with van der Waals surface area (Å²) in [7, 11) is 0. The Morgan fingerprint density at radius 2 is 1.48 bits per heavy atom. The number of hydrogen-bond acceptors (Lipinski definition) is 4. The molecule has 0 radical (unpaired) electrons. The Kier molecular flexibility index (Phi) is 7.04. The zero-order chi connectivity index (χ0) is 19.1. The average Bonchev–Trinajstić information content (AvgIpc) is 2.97. The molecule has 2 heterocycles. The number of piperazine rings is 1. The summed E-state index contributed by atoms with van der Waals surface area (Å²) < 4.78 is 18.8. The van der Waals surface area contributed by atoms with Gasteiger partial charge in [-0.1, -0.05) is 25.0 Å². The van der Waals surface area contributed by atoms with Gasteiger partial charge < -0.3 is 14.5 Å². The zero-order valence-corrected chi connectivity index (χ0v) is 15.7. The van der Waals surface area contributed by atoms with Crippen molar-refractivity contribution in [1.29, 1.82) is 0 Å². The molecule has 6 nitrogen and oxygen atoms in total. The highest BCUT2D eigenvalue weighted by molar-refractivity contribution is 5.79. The van der Waals surface area contributed by atoms with Crippen LogP contribution in [0.5, 0.6) is 5.75 Å². The van der Waals surface area contributed by atoms with E-state index in [1.807, 2.05) is 4.90 Å². The van der Waals surface area contributed by atoms with E-state index in [0.29, 0.717) is 32.7 Å². The van der Waals surface area contributed by atoms with Crippen LogP contribution in [0.15, 0.2) is 24.3 Å². The van der Waals surface area contributed by atoms with Crippen LogP contribution in [-0.2, 0) is 9.59 Å². The maximum atomic E-state index is 13.5. The maximum absolute atomic E-state index is 13.5. The molecule has 2 aliphatic rings. The lowest BCUT2D eigenvalue weighted by molar-refractivity contribution is -0.136. The zero-order valence-electron chi connectivity index (χ0n) is 15.7. The van der Waals surface area contributed by atoms with Crippen molar-refractivity contribution in [2.24, 2.45) is 0 Å². The standard InChI is InChI=1S/C20H28FN3O3/c21-17-7-3-4-8-18(17)27-16-20(26)24-13-11-22(12-14-24)15-19(25)23-9-5-1-2-6-10-23/h3-4,7-8H,1-2,5-6,9-16H2. The number of amides is 2. The van der Waals surface area contributed by atoms with E-state index >= 15 is 0 Å². The maximum Gasteiger partial charge on any atom is 0.260 e. The molecule has 0 bridgehead atoms. The van der Waals surface area contributed by atoms with E-state index in [9.17, 15) is 14.0 Å². The topological polar surface area (TPSA) is 53.1 Å². The third-order valence-electron chi connectivity index (χ3n) is 5.23. The van der Waals surface area contributed by atoms with Crippen molar-refractivity contribution >= 4 is 11.8 Å². The van der Waals surface area contributed by atoms with Crippen molar-refractivity contribution in [3.05, 3.63) is 30.1 Å². The highest BCUT2D eigenvalue weighted by atomic mass is 19.1. The molecular formula is C20H28FN3O3. The number of nitrogens with zero attached hydrogens (tertiary/aromatic N) is 3. The Morgan fingerprint density at radius 3 is 2.15 bits per heavy atom. The normalized spacial score (nSPS) is 18.9. The fourth-order valence-electron chi connectivity index (χ4n) is 3.56. The number of para-hydroxylation sites is 1. The molecule has 2 fully saturated rings. The number of rotatable bonds is 5. The smallest absolute Gasteiger partial charge is 0.260 e. The number of halogens is 1. The minimum Gasteiger partial charge on any atom is -0.481 e. The third-order valence-corrected chi connectivity index (χ3v) is 5.23. The van der Waals surface area contributed by atoms with E-state index in [1.54, 1.807) is 17.0 Å². The van der Waals surface area contributed by atoms with Crippen LogP contribution in [0.3, 0.4) is 0 Å². The summed E-state index contributed by atoms with van der Waals surface area (Å²) in [6.45, 7) is 4.45. The molecule has 0 saturated carbocycles. The average molecular weight is 377 g/mol. The van der Waals surface area contributed by atoms with Gasteiger partial charge in [-0.2, -0.15) is 0 Å². The van der Waals surface area contributed by atoms with Gasteiger partial charge in [-0.25, -0.2) is 4.39 Å². The summed E-state index contributed by atoms with van der Waals surface area (Å²) in [4.78, 5) is 30.6. The first-order chi connectivity index (χ1) is 13.1. The van der Waals surface area contributed by atoms with Crippen molar-refractivity contribution in [2.45, 2.75) is 25.7 Å². The Labute approximate surface area is 159 Å². The van der Waals surface area contributed by atoms with Crippen LogP contribution < -0.4 is 4.74 Å². The van der Waals surface area contributed by atoms with Gasteiger partial charge in [0.25, 0.3) is 5.91 Å². The van der Waals surface area contributed by atoms with Crippen LogP contribution in [0.25, 0.3) is 0 Å². The second-order valence-electron chi connectivity index (χ2n) is 7.17. The number of ether oxygens (including phenoxy) is 1. The Hall–Kier alpha value is -2.15. The van der Waals surface area contributed by atoms with Crippen LogP contribution in [0.1, 0.15) is 25.7 Å². The quantitative estimate of drug-likeness (QED) is 0.785. The summed E-state index contributed by atoms with van der Waals surface area (Å²) >= 11 is 0. The summed E-state index contributed by atoms with van der Waals surface area (Å²) in [5, 5.41) is 0. The van der Waals surface area contributed by atoms with Gasteiger partial charge in [0.05, 0.1) is 6.54 Å². The first-order valence-corrected chi connectivity index (χ1v) is 9.79. The lowest BCUT2D eigenvalue weighted by atomic mass is 10.2. The fourth-order valence-corrected chi connectivity index (χ4v) is 3.56. The molecule has 1 aromatic carbocycles. The molecule has 3 rings (SSSR count). The van der Waals surface area contributed by atoms with Gasteiger partial charge in [-0.3, -0.25) is 14.5 Å². The predicted octanol–water partition coefficient (Wildman–Crippen LogP) is 1.75. The molecule has 2 saturated heterocycles. The van der Waals surface area contributed by atoms with Crippen LogP contribution in [-0.4, -0.2) is 78.9 Å². The first-order valence-electron chi connectivity index (χ1n) is 9.79. The largest absolute Gasteiger partial charge is 0.481 e. The highest BCUT2D eigenvalue weighted by Gasteiger charge is 2.24. The molecule has 0 aromatic heterocycles. The number of benzene rings is 1. The van der Waals surface area contributed by atoms with Gasteiger partial charge >= 0.3 is 0 Å². The van der Waals surface area contributed by atoms with Crippen molar-refractivity contribution in [2.75, 3.05) is 52.4 Å². The molecule has 2 amide bonds. The van der Waals surface area contributed by atoms with Gasteiger partial charge in [-0.05, 0) is 25.0 Å². The molecule has 0 aliphatic carbocycles. The van der Waals surface area contributed by atoms with Crippen molar-refractivity contribution in [1.82, 2.24) is 14.7 Å². The van der Waals surface area contributed by atoms with E-state index in [2.05, 4.69) is 4.90 Å². The molecule has 0 unspecified atom stereocenters. The molecule has 1 aromatic rings. The van der Waals surface area contributed by atoms with E-state index < -0.39 is 5.82 Å². The van der Waals surface area contributed by atoms with Gasteiger partial charge in [0.2, 0.25) is 5.91 Å². The first kappa shape index (κ1) is 19.6. The minimum absolute atomic E-state index is 0.0903. The fraction of sp³-hybridized carbons (Fsp3) is 0.600. The van der Waals surface area contributed by atoms with Crippen LogP contribution in [0.2, 0.25) is 0 Å². The molecule has 7 heteroatoms. The van der Waals surface area contributed by atoms with Crippen molar-refractivity contribution in [3.8, 4) is 5.75 Å². The Morgan fingerprint density at radius 1 is 0.852 bits per heavy atom. The second kappa shape index (κ2) is 9.69. The van der Waals surface area contributed by atoms with Gasteiger partial charge in [0.15, 0.2) is 18.2 Å². The molecular weight excluding hydrogens is 349 g/mol. The molecule has 0 atom stereocenters. The van der Waals surface area contributed by atoms with E-state index in [4.69, 9.17) is 4.74 Å². The van der Waals surface area contributed by atoms with Crippen LogP contribution >= 0.6 is 0 Å². The van der Waals surface area contributed by atoms with E-state index in [1.165, 1.54) is 25.0 Å². The summed E-state index contributed by atoms with van der Waals surface area (Å²) in [6.07, 6.45) is 4.60. The third kappa shape index (κ3) is 5.66. The number of likely N-dealkylation sites (tertiary alicyclic amines) is 1. The molecule has 0 spiro atoms. The number of carbonyl (C=O) groups excluding carboxylic acids is 2. The van der Waals surface area contributed by atoms with Gasteiger partial charge in [0, 0.05) is 39.3 Å². The minimum atomic E-state index is -0.470. The monoisotopic (exact) mass is 377 g/mol. The summed E-state index contributed by atoms with van der Waals surface area (Å²) in [6, 6.07) is 6.06. The number of hydrogen-bond donors (Lipinski definition) is 0. The van der Waals surface area contributed by atoms with Gasteiger partial charge in [-0.15, -0.1) is 0 Å². The highest BCUT2D eigenvalue weighted by Crippen LogP contribution is 2.15. The predicted molar refractivity (Wildman–Crippen MR) is 100.0 cm³/mol. The van der Waals surface area contributed by atoms with Crippen molar-refractivity contribution < 1.29 is 18.7 Å². The van der Waals surface area contributed by atoms with Crippen molar-refractivity contribution in [3.63, 3.8) is 0 Å². The Balaban J connectivity index is 1.39. The lowest BCUT2D eigenvalue weighted by Crippen LogP contribution is -2.52. The summed E-state index contributed by atoms with van der Waals surface area (Å²) in [5.74, 6) is -0.342. The molecule has 0 N–H and O–H groups in total. The lowest BCUT2D eigenvalue weighted by Gasteiger charge is -2.35. The van der Waals surface area contributed by atoms with E-state index in [0.717, 1.165) is 25.9 Å². The summed E-state index contributed by atoms with van der Waals surface area (Å²) in [5.41, 5.74) is 0. The van der Waals surface area contributed by atoms with Gasteiger partial charge in [0.1, 0.15) is 0 Å². The van der Waals surface area contributed by atoms with Crippen LogP contribution in [0.4, 0.5) is 4.39 Å². The number of carbonyl (C=O) groups is 2. The SMILES string of the molecule is O=C(COc1ccccc1F)N1CCN(CC(=O)N2CCCCCC2)CC1. The second-order valence-corrected chi connectivity index (χ2v) is 7.17. The molecule has 27 heavy (non-hydrogen) atoms. The van der Waals surface area contributed by atoms with Crippen LogP contribution in [0, 0.1) is 5.82 Å². The van der Waals surface area contributed by atoms with E-state index in [-0.39, 0.29) is 24.2 Å². The molecule has 2 aliphatic heterocycles. The molecule has 148 valence electrons. The Bertz CT molecular complexity index is 639.